The summed E-state index contributed by atoms with van der Waals surface area (Å²) in [6, 6.07) is 7.68. The van der Waals surface area contributed by atoms with Crippen LogP contribution < -0.4 is 14.8 Å². The number of nitrogens with one attached hydrogen (secondary N) is 1. The third-order valence-corrected chi connectivity index (χ3v) is 4.40. The molecular weight excluding hydrogens is 310 g/mol. The van der Waals surface area contributed by atoms with Crippen LogP contribution in [0, 0.1) is 6.92 Å². The van der Waals surface area contributed by atoms with Gasteiger partial charge in [0.1, 0.15) is 0 Å². The fourth-order valence-corrected chi connectivity index (χ4v) is 2.93. The maximum atomic E-state index is 11.9. The Morgan fingerprint density at radius 1 is 1.35 bits per heavy atom. The van der Waals surface area contributed by atoms with Crippen LogP contribution in [0.3, 0.4) is 0 Å². The zero-order valence-corrected chi connectivity index (χ0v) is 14.2. The standard InChI is InChI=1S/C18H21NO3S/c1-4-5-14-6-7-15(16(10-14)21-3)22-12-18(20)19-11-17-13(2)8-9-23-17/h4,6-10H,1,5,11-12H2,2-3H3,(H,19,20). The molecule has 0 aliphatic heterocycles. The van der Waals surface area contributed by atoms with E-state index in [-0.39, 0.29) is 12.5 Å². The second kappa shape index (κ2) is 8.39. The predicted octanol–water partition coefficient (Wildman–Crippen LogP) is 3.49. The summed E-state index contributed by atoms with van der Waals surface area (Å²) in [7, 11) is 1.58. The van der Waals surface area contributed by atoms with Crippen LogP contribution in [0.25, 0.3) is 0 Å². The first-order valence-electron chi connectivity index (χ1n) is 7.34. The maximum absolute atomic E-state index is 11.9. The fraction of sp³-hybridized carbons (Fsp3) is 0.278. The average Bonchev–Trinajstić information content (AvgIpc) is 2.97. The number of hydrogen-bond donors (Lipinski definition) is 1. The lowest BCUT2D eigenvalue weighted by Gasteiger charge is -2.12. The number of aryl methyl sites for hydroxylation is 1. The SMILES string of the molecule is C=CCc1ccc(OCC(=O)NCc2sccc2C)c(OC)c1. The average molecular weight is 331 g/mol. The molecule has 0 radical (unpaired) electrons. The van der Waals surface area contributed by atoms with Crippen molar-refractivity contribution in [1.82, 2.24) is 5.32 Å². The highest BCUT2D eigenvalue weighted by atomic mass is 32.1. The van der Waals surface area contributed by atoms with Crippen LogP contribution in [0.1, 0.15) is 16.0 Å². The molecular formula is C18H21NO3S. The van der Waals surface area contributed by atoms with Gasteiger partial charge < -0.3 is 14.8 Å². The van der Waals surface area contributed by atoms with Crippen molar-refractivity contribution < 1.29 is 14.3 Å². The minimum Gasteiger partial charge on any atom is -0.493 e. The van der Waals surface area contributed by atoms with Crippen molar-refractivity contribution in [2.24, 2.45) is 0 Å². The quantitative estimate of drug-likeness (QED) is 0.753. The third-order valence-electron chi connectivity index (χ3n) is 3.38. The molecule has 1 aromatic carbocycles. The van der Waals surface area contributed by atoms with Crippen LogP contribution in [-0.2, 0) is 17.8 Å². The highest BCUT2D eigenvalue weighted by Crippen LogP contribution is 2.28. The number of ether oxygens (including phenoxy) is 2. The van der Waals surface area contributed by atoms with Crippen molar-refractivity contribution in [2.75, 3.05) is 13.7 Å². The zero-order chi connectivity index (χ0) is 16.7. The number of thiophene rings is 1. The van der Waals surface area contributed by atoms with Crippen LogP contribution in [0.15, 0.2) is 42.3 Å². The number of carbonyl (C=O) groups is 1. The van der Waals surface area contributed by atoms with E-state index in [0.29, 0.717) is 18.0 Å². The van der Waals surface area contributed by atoms with Crippen LogP contribution in [-0.4, -0.2) is 19.6 Å². The number of methoxy groups -OCH3 is 1. The smallest absolute Gasteiger partial charge is 0.258 e. The van der Waals surface area contributed by atoms with Gasteiger partial charge in [-0.25, -0.2) is 0 Å². The van der Waals surface area contributed by atoms with Gasteiger partial charge in [0.15, 0.2) is 18.1 Å². The van der Waals surface area contributed by atoms with E-state index in [4.69, 9.17) is 9.47 Å². The first kappa shape index (κ1) is 17.1. The van der Waals surface area contributed by atoms with E-state index in [2.05, 4.69) is 11.9 Å². The van der Waals surface area contributed by atoms with Gasteiger partial charge in [-0.15, -0.1) is 17.9 Å². The van der Waals surface area contributed by atoms with Crippen LogP contribution in [0.5, 0.6) is 11.5 Å². The van der Waals surface area contributed by atoms with E-state index in [1.807, 2.05) is 42.6 Å². The second-order valence-electron chi connectivity index (χ2n) is 5.07. The monoisotopic (exact) mass is 331 g/mol. The Balaban J connectivity index is 1.88. The van der Waals surface area contributed by atoms with E-state index >= 15 is 0 Å². The Hall–Kier alpha value is -2.27. The highest BCUT2D eigenvalue weighted by Gasteiger charge is 2.09. The van der Waals surface area contributed by atoms with Gasteiger partial charge in [0.25, 0.3) is 5.91 Å². The van der Waals surface area contributed by atoms with Gasteiger partial charge in [-0.1, -0.05) is 12.1 Å². The first-order valence-corrected chi connectivity index (χ1v) is 8.22. The number of benzene rings is 1. The van der Waals surface area contributed by atoms with Crippen molar-refractivity contribution in [3.63, 3.8) is 0 Å². The van der Waals surface area contributed by atoms with Crippen LogP contribution in [0.4, 0.5) is 0 Å². The number of amides is 1. The lowest BCUT2D eigenvalue weighted by atomic mass is 10.1. The number of allylic oxidation sites excluding steroid dienone is 1. The van der Waals surface area contributed by atoms with Gasteiger partial charge in [0.05, 0.1) is 13.7 Å². The summed E-state index contributed by atoms with van der Waals surface area (Å²) in [4.78, 5) is 13.1. The summed E-state index contributed by atoms with van der Waals surface area (Å²) in [5.41, 5.74) is 2.28. The van der Waals surface area contributed by atoms with Crippen molar-refractivity contribution in [2.45, 2.75) is 19.9 Å². The first-order chi connectivity index (χ1) is 11.1. The molecule has 0 atom stereocenters. The molecule has 1 heterocycles. The van der Waals surface area contributed by atoms with Gasteiger partial charge in [-0.3, -0.25) is 4.79 Å². The number of hydrogen-bond acceptors (Lipinski definition) is 4. The lowest BCUT2D eigenvalue weighted by Crippen LogP contribution is -2.28. The Bertz CT molecular complexity index is 679. The Labute approximate surface area is 140 Å². The van der Waals surface area contributed by atoms with Gasteiger partial charge in [-0.2, -0.15) is 0 Å². The van der Waals surface area contributed by atoms with Crippen LogP contribution >= 0.6 is 11.3 Å². The molecule has 5 heteroatoms. The van der Waals surface area contributed by atoms with Gasteiger partial charge >= 0.3 is 0 Å². The topological polar surface area (TPSA) is 47.6 Å². The highest BCUT2D eigenvalue weighted by molar-refractivity contribution is 7.10. The fourth-order valence-electron chi connectivity index (χ4n) is 2.08. The van der Waals surface area contributed by atoms with Crippen molar-refractivity contribution in [3.05, 3.63) is 58.3 Å². The molecule has 1 N–H and O–H groups in total. The molecule has 1 aromatic heterocycles. The largest absolute Gasteiger partial charge is 0.493 e. The molecule has 0 aliphatic rings. The molecule has 0 spiro atoms. The molecule has 0 aliphatic carbocycles. The van der Waals surface area contributed by atoms with Gasteiger partial charge in [0, 0.05) is 4.88 Å². The van der Waals surface area contributed by atoms with E-state index in [1.165, 1.54) is 5.56 Å². The van der Waals surface area contributed by atoms with E-state index in [0.717, 1.165) is 16.9 Å². The molecule has 2 aromatic rings. The second-order valence-corrected chi connectivity index (χ2v) is 6.07. The molecule has 122 valence electrons. The number of carbonyl (C=O) groups excluding carboxylic acids is 1. The summed E-state index contributed by atoms with van der Waals surface area (Å²) >= 11 is 1.63. The Morgan fingerprint density at radius 3 is 2.83 bits per heavy atom. The van der Waals surface area contributed by atoms with Crippen molar-refractivity contribution in [1.29, 1.82) is 0 Å². The van der Waals surface area contributed by atoms with Gasteiger partial charge in [0.2, 0.25) is 0 Å². The predicted molar refractivity (Wildman–Crippen MR) is 93.3 cm³/mol. The number of rotatable bonds is 8. The van der Waals surface area contributed by atoms with Crippen molar-refractivity contribution in [3.8, 4) is 11.5 Å². The molecule has 0 fully saturated rings. The van der Waals surface area contributed by atoms with E-state index < -0.39 is 0 Å². The summed E-state index contributed by atoms with van der Waals surface area (Å²) in [6.07, 6.45) is 2.59. The molecule has 0 saturated heterocycles. The third kappa shape index (κ3) is 4.86. The molecule has 4 nitrogen and oxygen atoms in total. The molecule has 1 amide bonds. The minimum absolute atomic E-state index is 0.0401. The summed E-state index contributed by atoms with van der Waals surface area (Å²) in [6.45, 7) is 6.24. The normalized spacial score (nSPS) is 10.2. The lowest BCUT2D eigenvalue weighted by molar-refractivity contribution is -0.123. The van der Waals surface area contributed by atoms with E-state index in [9.17, 15) is 4.79 Å². The molecule has 23 heavy (non-hydrogen) atoms. The molecule has 2 rings (SSSR count). The molecule has 0 bridgehead atoms. The minimum atomic E-state index is -0.157. The maximum Gasteiger partial charge on any atom is 0.258 e. The Morgan fingerprint density at radius 2 is 2.17 bits per heavy atom. The summed E-state index contributed by atoms with van der Waals surface area (Å²) in [5.74, 6) is 1.02. The Kier molecular flexibility index (Phi) is 6.23. The summed E-state index contributed by atoms with van der Waals surface area (Å²) in [5, 5.41) is 4.87. The zero-order valence-electron chi connectivity index (χ0n) is 13.4. The van der Waals surface area contributed by atoms with Crippen molar-refractivity contribution >= 4 is 17.2 Å². The van der Waals surface area contributed by atoms with Crippen LogP contribution in [0.2, 0.25) is 0 Å². The molecule has 0 unspecified atom stereocenters. The van der Waals surface area contributed by atoms with Gasteiger partial charge in [-0.05, 0) is 48.1 Å². The van der Waals surface area contributed by atoms with E-state index in [1.54, 1.807) is 18.4 Å². The molecule has 0 saturated carbocycles. The summed E-state index contributed by atoms with van der Waals surface area (Å²) < 4.78 is 10.9.